The first-order chi connectivity index (χ1) is 13.9. The molecular weight excluding hydrogens is 374 g/mol. The van der Waals surface area contributed by atoms with Gasteiger partial charge in [-0.2, -0.15) is 0 Å². The zero-order valence-corrected chi connectivity index (χ0v) is 19.5. The Hall–Kier alpha value is -1.84. The van der Waals surface area contributed by atoms with E-state index in [1.54, 1.807) is 6.92 Å². The van der Waals surface area contributed by atoms with E-state index in [2.05, 4.69) is 52.1 Å². The Bertz CT molecular complexity index is 842. The van der Waals surface area contributed by atoms with Gasteiger partial charge in [0.05, 0.1) is 5.41 Å². The van der Waals surface area contributed by atoms with E-state index in [9.17, 15) is 9.59 Å². The minimum absolute atomic E-state index is 0.0191. The van der Waals surface area contributed by atoms with E-state index >= 15 is 0 Å². The average molecular weight is 412 g/mol. The SMILES string of the molecule is CC(=O)NC12CC3CC(C1)CC(C(=O)OCc1c(C)cc(C(C)(C)C)cc1C)(C3)C2. The van der Waals surface area contributed by atoms with Gasteiger partial charge in [-0.3, -0.25) is 9.59 Å². The first-order valence-corrected chi connectivity index (χ1v) is 11.5. The van der Waals surface area contributed by atoms with Gasteiger partial charge in [0.1, 0.15) is 6.61 Å². The molecule has 2 atom stereocenters. The molecule has 0 radical (unpaired) electrons. The van der Waals surface area contributed by atoms with E-state index in [-0.39, 0.29) is 22.8 Å². The number of nitrogens with one attached hydrogen (secondary N) is 1. The average Bonchev–Trinajstić information content (AvgIpc) is 2.57. The molecule has 0 aliphatic heterocycles. The number of ether oxygens (including phenoxy) is 1. The molecule has 1 aromatic rings. The van der Waals surface area contributed by atoms with Crippen LogP contribution < -0.4 is 5.32 Å². The van der Waals surface area contributed by atoms with Crippen LogP contribution in [0.5, 0.6) is 0 Å². The summed E-state index contributed by atoms with van der Waals surface area (Å²) in [6.45, 7) is 12.8. The second-order valence-corrected chi connectivity index (χ2v) is 11.6. The maximum Gasteiger partial charge on any atom is 0.312 e. The molecule has 0 heterocycles. The predicted octanol–water partition coefficient (Wildman–Crippen LogP) is 5.12. The second kappa shape index (κ2) is 7.10. The molecule has 30 heavy (non-hydrogen) atoms. The fraction of sp³-hybridized carbons (Fsp3) is 0.692. The predicted molar refractivity (Wildman–Crippen MR) is 118 cm³/mol. The summed E-state index contributed by atoms with van der Waals surface area (Å²) in [7, 11) is 0. The molecule has 4 heteroatoms. The van der Waals surface area contributed by atoms with Crippen LogP contribution in [0.25, 0.3) is 0 Å². The van der Waals surface area contributed by atoms with E-state index in [0.717, 1.165) is 37.7 Å². The number of esters is 1. The Labute approximate surface area is 181 Å². The molecule has 0 aromatic heterocycles. The minimum Gasteiger partial charge on any atom is -0.460 e. The van der Waals surface area contributed by atoms with Gasteiger partial charge in [-0.15, -0.1) is 0 Å². The van der Waals surface area contributed by atoms with Crippen molar-refractivity contribution in [3.8, 4) is 0 Å². The summed E-state index contributed by atoms with van der Waals surface area (Å²) in [4.78, 5) is 25.3. The Morgan fingerprint density at radius 3 is 2.13 bits per heavy atom. The molecule has 4 bridgehead atoms. The van der Waals surface area contributed by atoms with E-state index in [4.69, 9.17) is 4.74 Å². The number of rotatable bonds is 4. The lowest BCUT2D eigenvalue weighted by Gasteiger charge is -2.60. The third-order valence-electron chi connectivity index (χ3n) is 7.84. The monoisotopic (exact) mass is 411 g/mol. The number of hydrogen-bond acceptors (Lipinski definition) is 3. The summed E-state index contributed by atoms with van der Waals surface area (Å²) in [5, 5.41) is 3.23. The molecule has 1 amide bonds. The molecule has 1 aromatic carbocycles. The fourth-order valence-electron chi connectivity index (χ4n) is 6.97. The Morgan fingerprint density at radius 2 is 1.63 bits per heavy atom. The van der Waals surface area contributed by atoms with Gasteiger partial charge in [0, 0.05) is 12.5 Å². The summed E-state index contributed by atoms with van der Waals surface area (Å²) in [6.07, 6.45) is 5.82. The van der Waals surface area contributed by atoms with E-state index in [1.165, 1.54) is 23.1 Å². The third kappa shape index (κ3) is 3.78. The lowest BCUT2D eigenvalue weighted by molar-refractivity contribution is -0.177. The zero-order valence-electron chi connectivity index (χ0n) is 19.5. The van der Waals surface area contributed by atoms with Crippen LogP contribution in [-0.2, 0) is 26.3 Å². The van der Waals surface area contributed by atoms with Crippen molar-refractivity contribution in [2.45, 2.75) is 97.6 Å². The molecule has 0 saturated heterocycles. The highest BCUT2D eigenvalue weighted by atomic mass is 16.5. The molecule has 4 aliphatic rings. The Kier molecular flexibility index (Phi) is 5.06. The molecule has 1 N–H and O–H groups in total. The number of hydrogen-bond donors (Lipinski definition) is 1. The quantitative estimate of drug-likeness (QED) is 0.700. The molecule has 0 spiro atoms. The summed E-state index contributed by atoms with van der Waals surface area (Å²) in [5.74, 6) is 1.02. The first kappa shape index (κ1) is 21.4. The van der Waals surface area contributed by atoms with Crippen LogP contribution >= 0.6 is 0 Å². The lowest BCUT2D eigenvalue weighted by atomic mass is 9.47. The molecule has 164 valence electrons. The van der Waals surface area contributed by atoms with Gasteiger partial charge in [0.25, 0.3) is 0 Å². The van der Waals surface area contributed by atoms with Crippen molar-refractivity contribution in [3.63, 3.8) is 0 Å². The van der Waals surface area contributed by atoms with Gasteiger partial charge < -0.3 is 10.1 Å². The van der Waals surface area contributed by atoms with Gasteiger partial charge in [-0.25, -0.2) is 0 Å². The summed E-state index contributed by atoms with van der Waals surface area (Å²) in [5.41, 5.74) is 4.29. The van der Waals surface area contributed by atoms with Gasteiger partial charge in [0.15, 0.2) is 0 Å². The molecule has 5 rings (SSSR count). The highest BCUT2D eigenvalue weighted by molar-refractivity contribution is 5.79. The molecule has 4 fully saturated rings. The van der Waals surface area contributed by atoms with Crippen molar-refractivity contribution >= 4 is 11.9 Å². The van der Waals surface area contributed by atoms with Crippen LogP contribution in [0.1, 0.15) is 88.5 Å². The van der Waals surface area contributed by atoms with E-state index in [0.29, 0.717) is 18.4 Å². The normalized spacial score (nSPS) is 32.2. The third-order valence-corrected chi connectivity index (χ3v) is 7.84. The van der Waals surface area contributed by atoms with Gasteiger partial charge in [-0.05, 0) is 91.9 Å². The van der Waals surface area contributed by atoms with E-state index < -0.39 is 5.41 Å². The highest BCUT2D eigenvalue weighted by Gasteiger charge is 2.61. The van der Waals surface area contributed by atoms with Crippen molar-refractivity contribution in [2.24, 2.45) is 17.3 Å². The first-order valence-electron chi connectivity index (χ1n) is 11.5. The Balaban J connectivity index is 1.52. The van der Waals surface area contributed by atoms with Crippen molar-refractivity contribution < 1.29 is 14.3 Å². The summed E-state index contributed by atoms with van der Waals surface area (Å²) >= 11 is 0. The van der Waals surface area contributed by atoms with Crippen LogP contribution in [0.2, 0.25) is 0 Å². The zero-order chi connectivity index (χ0) is 21.9. The lowest BCUT2D eigenvalue weighted by Crippen LogP contribution is -2.64. The van der Waals surface area contributed by atoms with Crippen LogP contribution in [0.4, 0.5) is 0 Å². The second-order valence-electron chi connectivity index (χ2n) is 11.6. The molecule has 4 saturated carbocycles. The summed E-state index contributed by atoms with van der Waals surface area (Å²) in [6, 6.07) is 4.46. The van der Waals surface area contributed by atoms with Crippen molar-refractivity contribution in [2.75, 3.05) is 0 Å². The summed E-state index contributed by atoms with van der Waals surface area (Å²) < 4.78 is 6.00. The number of amides is 1. The standard InChI is InChI=1S/C26H37NO3/c1-16-7-21(24(4,5)6)8-17(2)22(16)14-30-23(29)25-10-19-9-20(11-25)13-26(12-19,15-25)27-18(3)28/h7-8,19-20H,9-15H2,1-6H3,(H,27,28). The number of carbonyl (C=O) groups is 2. The van der Waals surface area contributed by atoms with Crippen molar-refractivity contribution in [3.05, 3.63) is 34.4 Å². The van der Waals surface area contributed by atoms with Crippen LogP contribution in [0.15, 0.2) is 12.1 Å². The molecule has 4 nitrogen and oxygen atoms in total. The molecular formula is C26H37NO3. The van der Waals surface area contributed by atoms with Crippen molar-refractivity contribution in [1.82, 2.24) is 5.32 Å². The largest absolute Gasteiger partial charge is 0.460 e. The van der Waals surface area contributed by atoms with Crippen LogP contribution in [0.3, 0.4) is 0 Å². The maximum absolute atomic E-state index is 13.4. The van der Waals surface area contributed by atoms with Gasteiger partial charge in [0.2, 0.25) is 5.91 Å². The highest BCUT2D eigenvalue weighted by Crippen LogP contribution is 2.62. The number of benzene rings is 1. The molecule has 2 unspecified atom stereocenters. The number of carbonyl (C=O) groups excluding carboxylic acids is 2. The maximum atomic E-state index is 13.4. The Morgan fingerprint density at radius 1 is 1.07 bits per heavy atom. The molecule has 4 aliphatic carbocycles. The fourth-order valence-corrected chi connectivity index (χ4v) is 6.97. The number of aryl methyl sites for hydroxylation is 2. The van der Waals surface area contributed by atoms with Crippen molar-refractivity contribution in [1.29, 1.82) is 0 Å². The van der Waals surface area contributed by atoms with Gasteiger partial charge in [-0.1, -0.05) is 32.9 Å². The van der Waals surface area contributed by atoms with Crippen LogP contribution in [-0.4, -0.2) is 17.4 Å². The van der Waals surface area contributed by atoms with E-state index in [1.807, 2.05) is 0 Å². The van der Waals surface area contributed by atoms with Gasteiger partial charge >= 0.3 is 5.97 Å². The topological polar surface area (TPSA) is 55.4 Å². The van der Waals surface area contributed by atoms with Crippen LogP contribution in [0, 0.1) is 31.1 Å². The minimum atomic E-state index is -0.417. The smallest absolute Gasteiger partial charge is 0.312 e.